The average molecular weight is 415 g/mol. The molecule has 2 aliphatic rings. The van der Waals surface area contributed by atoms with E-state index in [-0.39, 0.29) is 29.1 Å². The second kappa shape index (κ2) is 9.60. The van der Waals surface area contributed by atoms with Crippen molar-refractivity contribution < 1.29 is 14.4 Å². The molecule has 1 N–H and O–H groups in total. The Kier molecular flexibility index (Phi) is 7.13. The minimum Gasteiger partial charge on any atom is -0.342 e. The van der Waals surface area contributed by atoms with E-state index in [0.29, 0.717) is 45.8 Å². The zero-order chi connectivity index (χ0) is 21.7. The van der Waals surface area contributed by atoms with Gasteiger partial charge in [-0.3, -0.25) is 19.3 Å². The molecule has 0 atom stereocenters. The number of hydrogen-bond donors (Lipinski definition) is 1. The number of carbonyl (C=O) groups excluding carboxylic acids is 3. The van der Waals surface area contributed by atoms with Gasteiger partial charge >= 0.3 is 0 Å². The Hall–Kier alpha value is -2.41. The third-order valence-electron chi connectivity index (χ3n) is 5.88. The molecule has 7 nitrogen and oxygen atoms in total. The zero-order valence-corrected chi connectivity index (χ0v) is 18.4. The second-order valence-electron chi connectivity index (χ2n) is 9.33. The fourth-order valence-electron chi connectivity index (χ4n) is 4.11. The van der Waals surface area contributed by atoms with Crippen molar-refractivity contribution in [2.75, 3.05) is 51.1 Å². The minimum atomic E-state index is -0.375. The second-order valence-corrected chi connectivity index (χ2v) is 9.33. The summed E-state index contributed by atoms with van der Waals surface area (Å²) in [5, 5.41) is 2.91. The first-order valence-electron chi connectivity index (χ1n) is 10.9. The van der Waals surface area contributed by atoms with Crippen LogP contribution in [0.3, 0.4) is 0 Å². The van der Waals surface area contributed by atoms with Crippen molar-refractivity contribution in [3.05, 3.63) is 30.3 Å². The lowest BCUT2D eigenvalue weighted by molar-refractivity contribution is -0.145. The van der Waals surface area contributed by atoms with Gasteiger partial charge in [0.25, 0.3) is 0 Å². The van der Waals surface area contributed by atoms with Crippen LogP contribution in [0.4, 0.5) is 5.69 Å². The number of rotatable bonds is 4. The smallest absolute Gasteiger partial charge is 0.238 e. The summed E-state index contributed by atoms with van der Waals surface area (Å²) in [6.07, 6.45) is 1.47. The number of piperazine rings is 1. The number of piperidine rings is 1. The van der Waals surface area contributed by atoms with E-state index in [9.17, 15) is 14.4 Å². The molecule has 2 fully saturated rings. The van der Waals surface area contributed by atoms with Crippen molar-refractivity contribution in [1.82, 2.24) is 14.7 Å². The van der Waals surface area contributed by atoms with Crippen LogP contribution in [0.15, 0.2) is 30.3 Å². The van der Waals surface area contributed by atoms with E-state index in [0.717, 1.165) is 18.5 Å². The van der Waals surface area contributed by atoms with Crippen molar-refractivity contribution >= 4 is 23.4 Å². The molecule has 2 heterocycles. The van der Waals surface area contributed by atoms with Crippen molar-refractivity contribution in [1.29, 1.82) is 0 Å². The van der Waals surface area contributed by atoms with Gasteiger partial charge in [-0.1, -0.05) is 39.0 Å². The molecule has 2 aliphatic heterocycles. The summed E-state index contributed by atoms with van der Waals surface area (Å²) in [4.78, 5) is 43.5. The van der Waals surface area contributed by atoms with E-state index in [1.54, 1.807) is 0 Å². The highest BCUT2D eigenvalue weighted by Crippen LogP contribution is 2.25. The van der Waals surface area contributed by atoms with Gasteiger partial charge in [-0.15, -0.1) is 0 Å². The van der Waals surface area contributed by atoms with Gasteiger partial charge in [0.05, 0.1) is 6.54 Å². The predicted molar refractivity (Wildman–Crippen MR) is 117 cm³/mol. The number of hydrogen-bond acceptors (Lipinski definition) is 4. The maximum atomic E-state index is 12.9. The maximum Gasteiger partial charge on any atom is 0.238 e. The highest BCUT2D eigenvalue weighted by molar-refractivity contribution is 5.92. The Morgan fingerprint density at radius 3 is 2.07 bits per heavy atom. The lowest BCUT2D eigenvalue weighted by Gasteiger charge is -2.39. The van der Waals surface area contributed by atoms with Crippen LogP contribution in [-0.2, 0) is 14.4 Å². The molecule has 0 aromatic heterocycles. The highest BCUT2D eigenvalue weighted by atomic mass is 16.2. The molecule has 0 bridgehead atoms. The zero-order valence-electron chi connectivity index (χ0n) is 18.4. The van der Waals surface area contributed by atoms with Gasteiger partial charge in [0.15, 0.2) is 0 Å². The first-order valence-corrected chi connectivity index (χ1v) is 10.9. The van der Waals surface area contributed by atoms with Crippen LogP contribution in [0.5, 0.6) is 0 Å². The summed E-state index contributed by atoms with van der Waals surface area (Å²) < 4.78 is 0. The summed E-state index contributed by atoms with van der Waals surface area (Å²) >= 11 is 0. The van der Waals surface area contributed by atoms with E-state index in [1.807, 2.05) is 60.9 Å². The van der Waals surface area contributed by atoms with Crippen molar-refractivity contribution in [3.63, 3.8) is 0 Å². The molecule has 0 aliphatic carbocycles. The number of carbonyl (C=O) groups is 3. The summed E-state index contributed by atoms with van der Waals surface area (Å²) in [7, 11) is 0. The molecule has 0 saturated carbocycles. The Bertz CT molecular complexity index is 743. The number of likely N-dealkylation sites (tertiary alicyclic amines) is 1. The van der Waals surface area contributed by atoms with Crippen LogP contribution in [0, 0.1) is 11.3 Å². The Labute approximate surface area is 179 Å². The number of anilines is 1. The summed E-state index contributed by atoms with van der Waals surface area (Å²) in [6, 6.07) is 9.44. The molecule has 1 aromatic carbocycles. The summed E-state index contributed by atoms with van der Waals surface area (Å²) in [5.74, 6) is 0.334. The fraction of sp³-hybridized carbons (Fsp3) is 0.609. The van der Waals surface area contributed by atoms with Gasteiger partial charge in [-0.2, -0.15) is 0 Å². The van der Waals surface area contributed by atoms with Gasteiger partial charge in [-0.25, -0.2) is 0 Å². The van der Waals surface area contributed by atoms with E-state index in [2.05, 4.69) is 10.2 Å². The fourth-order valence-corrected chi connectivity index (χ4v) is 4.11. The van der Waals surface area contributed by atoms with Crippen LogP contribution < -0.4 is 5.32 Å². The van der Waals surface area contributed by atoms with Crippen LogP contribution in [0.25, 0.3) is 0 Å². The number of nitrogens with zero attached hydrogens (tertiary/aromatic N) is 3. The normalized spacial score (nSPS) is 18.9. The van der Waals surface area contributed by atoms with Crippen LogP contribution in [0.1, 0.15) is 33.6 Å². The van der Waals surface area contributed by atoms with Gasteiger partial charge < -0.3 is 15.1 Å². The molecular weight excluding hydrogens is 380 g/mol. The number of benzene rings is 1. The molecule has 2 saturated heterocycles. The lowest BCUT2D eigenvalue weighted by Crippen LogP contribution is -2.53. The van der Waals surface area contributed by atoms with E-state index in [1.165, 1.54) is 0 Å². The van der Waals surface area contributed by atoms with Crippen LogP contribution in [-0.4, -0.2) is 78.2 Å². The average Bonchev–Trinajstić information content (AvgIpc) is 2.73. The highest BCUT2D eigenvalue weighted by Gasteiger charge is 2.34. The molecule has 0 unspecified atom stereocenters. The van der Waals surface area contributed by atoms with Gasteiger partial charge in [-0.05, 0) is 25.0 Å². The molecule has 0 spiro atoms. The first-order chi connectivity index (χ1) is 14.2. The standard InChI is InChI=1S/C23H34N4O3/c1-23(2,3)22(30)27-11-9-18(10-12-27)21(29)26-15-13-25(14-16-26)17-20(28)24-19-7-5-4-6-8-19/h4-8,18H,9-17H2,1-3H3,(H,24,28). The third kappa shape index (κ3) is 5.81. The summed E-state index contributed by atoms with van der Waals surface area (Å²) in [5.41, 5.74) is 0.424. The van der Waals surface area contributed by atoms with Crippen molar-refractivity contribution in [3.8, 4) is 0 Å². The first kappa shape index (κ1) is 22.3. The molecule has 3 rings (SSSR count). The largest absolute Gasteiger partial charge is 0.342 e. The number of nitrogens with one attached hydrogen (secondary N) is 1. The van der Waals surface area contributed by atoms with Crippen LogP contribution in [0.2, 0.25) is 0 Å². The Balaban J connectivity index is 1.40. The molecule has 30 heavy (non-hydrogen) atoms. The van der Waals surface area contributed by atoms with E-state index in [4.69, 9.17) is 0 Å². The third-order valence-corrected chi connectivity index (χ3v) is 5.88. The molecule has 3 amide bonds. The molecule has 164 valence electrons. The maximum absolute atomic E-state index is 12.9. The monoisotopic (exact) mass is 414 g/mol. The lowest BCUT2D eigenvalue weighted by atomic mass is 9.90. The van der Waals surface area contributed by atoms with Crippen molar-refractivity contribution in [2.45, 2.75) is 33.6 Å². The molecule has 0 radical (unpaired) electrons. The number of amides is 3. The van der Waals surface area contributed by atoms with Gasteiger partial charge in [0.2, 0.25) is 17.7 Å². The van der Waals surface area contributed by atoms with Crippen molar-refractivity contribution in [2.24, 2.45) is 11.3 Å². The quantitative estimate of drug-likeness (QED) is 0.819. The molecule has 7 heteroatoms. The van der Waals surface area contributed by atoms with Gasteiger partial charge in [0, 0.05) is 56.3 Å². The molecule has 1 aromatic rings. The predicted octanol–water partition coefficient (Wildman–Crippen LogP) is 2.05. The summed E-state index contributed by atoms with van der Waals surface area (Å²) in [6.45, 7) is 10.2. The molecular formula is C23H34N4O3. The van der Waals surface area contributed by atoms with Gasteiger partial charge in [0.1, 0.15) is 0 Å². The van der Waals surface area contributed by atoms with E-state index < -0.39 is 0 Å². The number of para-hydroxylation sites is 1. The SMILES string of the molecule is CC(C)(C)C(=O)N1CCC(C(=O)N2CCN(CC(=O)Nc3ccccc3)CC2)CC1. The Morgan fingerprint density at radius 2 is 1.50 bits per heavy atom. The minimum absolute atomic E-state index is 0.00180. The topological polar surface area (TPSA) is 73.0 Å². The van der Waals surface area contributed by atoms with Crippen LogP contribution >= 0.6 is 0 Å². The van der Waals surface area contributed by atoms with E-state index >= 15 is 0 Å². The Morgan fingerprint density at radius 1 is 0.900 bits per heavy atom.